The molecule has 2 fully saturated rings. The maximum Gasteiger partial charge on any atom is 0.193 e. The highest BCUT2D eigenvalue weighted by Crippen LogP contribution is 2.46. The second-order valence-electron chi connectivity index (χ2n) is 7.43. The van der Waals surface area contributed by atoms with E-state index < -0.39 is 0 Å². The molecule has 2 saturated carbocycles. The molecule has 0 heterocycles. The number of benzene rings is 2. The summed E-state index contributed by atoms with van der Waals surface area (Å²) in [6.45, 7) is 0. The highest BCUT2D eigenvalue weighted by atomic mass is 16.5. The van der Waals surface area contributed by atoms with Crippen molar-refractivity contribution < 1.29 is 14.3 Å². The summed E-state index contributed by atoms with van der Waals surface area (Å²) in [5, 5.41) is 0. The van der Waals surface area contributed by atoms with Crippen molar-refractivity contribution in [1.29, 1.82) is 0 Å². The van der Waals surface area contributed by atoms with Gasteiger partial charge >= 0.3 is 0 Å². The highest BCUT2D eigenvalue weighted by molar-refractivity contribution is 6.11. The number of hydrogen-bond acceptors (Lipinski definition) is 3. The van der Waals surface area contributed by atoms with Crippen LogP contribution in [0.3, 0.4) is 0 Å². The molecule has 0 unspecified atom stereocenters. The molecule has 0 saturated heterocycles. The van der Waals surface area contributed by atoms with Gasteiger partial charge in [-0.1, -0.05) is 37.1 Å². The van der Waals surface area contributed by atoms with Crippen molar-refractivity contribution in [2.24, 2.45) is 0 Å². The third kappa shape index (κ3) is 2.80. The van der Waals surface area contributed by atoms with Crippen LogP contribution in [0.4, 0.5) is 0 Å². The highest BCUT2D eigenvalue weighted by Gasteiger charge is 2.32. The molecule has 0 atom stereocenters. The number of methoxy groups -OCH3 is 2. The average Bonchev–Trinajstić information content (AvgIpc) is 2.58. The molecule has 0 spiro atoms. The van der Waals surface area contributed by atoms with E-state index in [9.17, 15) is 4.79 Å². The molecule has 2 aromatic carbocycles. The van der Waals surface area contributed by atoms with Crippen LogP contribution in [0.1, 0.15) is 77.4 Å². The molecule has 4 rings (SSSR count). The zero-order chi connectivity index (χ0) is 18.1. The fourth-order valence-electron chi connectivity index (χ4n) is 4.22. The first-order valence-corrected chi connectivity index (χ1v) is 9.63. The van der Waals surface area contributed by atoms with E-state index in [1.165, 1.54) is 12.8 Å². The Labute approximate surface area is 155 Å². The number of carbonyl (C=O) groups is 1. The number of ketones is 1. The van der Waals surface area contributed by atoms with Gasteiger partial charge in [-0.2, -0.15) is 0 Å². The lowest BCUT2D eigenvalue weighted by Crippen LogP contribution is -2.19. The molecular formula is C23H26O3. The number of hydrogen-bond donors (Lipinski definition) is 0. The van der Waals surface area contributed by atoms with Gasteiger partial charge in [0, 0.05) is 22.3 Å². The molecule has 3 heteroatoms. The summed E-state index contributed by atoms with van der Waals surface area (Å²) in [6, 6.07) is 11.7. The van der Waals surface area contributed by atoms with Crippen LogP contribution in [0.15, 0.2) is 36.4 Å². The second kappa shape index (κ2) is 7.14. The SMILES string of the molecule is COc1cccc(C(=O)c2cccc(OC)c2C2CCC2)c1C1CCC1. The Balaban J connectivity index is 1.82. The van der Waals surface area contributed by atoms with Gasteiger partial charge < -0.3 is 9.47 Å². The van der Waals surface area contributed by atoms with E-state index in [0.29, 0.717) is 11.8 Å². The zero-order valence-electron chi connectivity index (χ0n) is 15.6. The smallest absolute Gasteiger partial charge is 0.193 e. The molecule has 3 nitrogen and oxygen atoms in total. The van der Waals surface area contributed by atoms with Crippen LogP contribution in [0.5, 0.6) is 11.5 Å². The molecule has 136 valence electrons. The van der Waals surface area contributed by atoms with Crippen LogP contribution in [0.2, 0.25) is 0 Å². The summed E-state index contributed by atoms with van der Waals surface area (Å²) in [5.41, 5.74) is 3.77. The minimum atomic E-state index is 0.103. The third-order valence-electron chi connectivity index (χ3n) is 6.09. The van der Waals surface area contributed by atoms with Gasteiger partial charge in [-0.25, -0.2) is 0 Å². The Kier molecular flexibility index (Phi) is 4.71. The van der Waals surface area contributed by atoms with E-state index in [0.717, 1.165) is 59.4 Å². The van der Waals surface area contributed by atoms with E-state index in [2.05, 4.69) is 0 Å². The molecule has 2 aliphatic carbocycles. The Morgan fingerprint density at radius 3 is 1.50 bits per heavy atom. The van der Waals surface area contributed by atoms with E-state index >= 15 is 0 Å². The van der Waals surface area contributed by atoms with Crippen molar-refractivity contribution in [1.82, 2.24) is 0 Å². The van der Waals surface area contributed by atoms with Crippen molar-refractivity contribution in [2.45, 2.75) is 50.4 Å². The lowest BCUT2D eigenvalue weighted by molar-refractivity contribution is 0.103. The van der Waals surface area contributed by atoms with Gasteiger partial charge in [-0.15, -0.1) is 0 Å². The minimum absolute atomic E-state index is 0.103. The quantitative estimate of drug-likeness (QED) is 0.648. The van der Waals surface area contributed by atoms with Crippen LogP contribution in [0, 0.1) is 0 Å². The monoisotopic (exact) mass is 350 g/mol. The Morgan fingerprint density at radius 1 is 0.769 bits per heavy atom. The summed E-state index contributed by atoms with van der Waals surface area (Å²) in [7, 11) is 3.38. The van der Waals surface area contributed by atoms with Gasteiger partial charge in [0.25, 0.3) is 0 Å². The third-order valence-corrected chi connectivity index (χ3v) is 6.09. The lowest BCUT2D eigenvalue weighted by atomic mass is 9.74. The largest absolute Gasteiger partial charge is 0.496 e. The molecule has 0 aliphatic heterocycles. The first-order chi connectivity index (χ1) is 12.7. The van der Waals surface area contributed by atoms with Crippen LogP contribution in [0.25, 0.3) is 0 Å². The van der Waals surface area contributed by atoms with E-state index in [-0.39, 0.29) is 5.78 Å². The van der Waals surface area contributed by atoms with Crippen molar-refractivity contribution in [3.05, 3.63) is 58.7 Å². The fraction of sp³-hybridized carbons (Fsp3) is 0.435. The summed E-state index contributed by atoms with van der Waals surface area (Å²) in [6.07, 6.45) is 6.98. The number of carbonyl (C=O) groups excluding carboxylic acids is 1. The van der Waals surface area contributed by atoms with Crippen molar-refractivity contribution >= 4 is 5.78 Å². The van der Waals surface area contributed by atoms with Gasteiger partial charge in [0.2, 0.25) is 0 Å². The molecule has 0 N–H and O–H groups in total. The van der Waals surface area contributed by atoms with Gasteiger partial charge in [-0.05, 0) is 49.7 Å². The van der Waals surface area contributed by atoms with Crippen molar-refractivity contribution in [3.63, 3.8) is 0 Å². The number of rotatable bonds is 6. The van der Waals surface area contributed by atoms with E-state index in [4.69, 9.17) is 9.47 Å². The molecule has 0 bridgehead atoms. The van der Waals surface area contributed by atoms with Gasteiger partial charge in [0.05, 0.1) is 14.2 Å². The zero-order valence-corrected chi connectivity index (χ0v) is 15.6. The standard InChI is InChI=1S/C23H26O3/c1-25-19-13-5-11-17(21(19)15-7-3-8-15)23(24)18-12-6-14-20(26-2)22(18)16-9-4-10-16/h5-6,11-16H,3-4,7-10H2,1-2H3. The molecule has 2 aliphatic rings. The van der Waals surface area contributed by atoms with Crippen molar-refractivity contribution in [3.8, 4) is 11.5 Å². The van der Waals surface area contributed by atoms with E-state index in [1.807, 2.05) is 36.4 Å². The van der Waals surface area contributed by atoms with Crippen LogP contribution in [-0.2, 0) is 0 Å². The Morgan fingerprint density at radius 2 is 1.19 bits per heavy atom. The van der Waals surface area contributed by atoms with Crippen LogP contribution in [-0.4, -0.2) is 20.0 Å². The predicted octanol–water partition coefficient (Wildman–Crippen LogP) is 5.47. The van der Waals surface area contributed by atoms with Crippen LogP contribution >= 0.6 is 0 Å². The normalized spacial score (nSPS) is 17.3. The average molecular weight is 350 g/mol. The first kappa shape index (κ1) is 17.1. The topological polar surface area (TPSA) is 35.5 Å². The van der Waals surface area contributed by atoms with Crippen LogP contribution < -0.4 is 9.47 Å². The Hall–Kier alpha value is -2.29. The summed E-state index contributed by atoms with van der Waals surface area (Å²) >= 11 is 0. The maximum absolute atomic E-state index is 13.6. The van der Waals surface area contributed by atoms with Crippen molar-refractivity contribution in [2.75, 3.05) is 14.2 Å². The fourth-order valence-corrected chi connectivity index (χ4v) is 4.22. The van der Waals surface area contributed by atoms with Gasteiger partial charge in [0.15, 0.2) is 5.78 Å². The van der Waals surface area contributed by atoms with Gasteiger partial charge in [0.1, 0.15) is 11.5 Å². The van der Waals surface area contributed by atoms with E-state index in [1.54, 1.807) is 14.2 Å². The molecule has 26 heavy (non-hydrogen) atoms. The summed E-state index contributed by atoms with van der Waals surface area (Å²) in [5.74, 6) is 2.65. The second-order valence-corrected chi connectivity index (χ2v) is 7.43. The minimum Gasteiger partial charge on any atom is -0.496 e. The number of ether oxygens (including phenoxy) is 2. The summed E-state index contributed by atoms with van der Waals surface area (Å²) in [4.78, 5) is 13.6. The molecule has 2 aromatic rings. The predicted molar refractivity (Wildman–Crippen MR) is 103 cm³/mol. The lowest BCUT2D eigenvalue weighted by Gasteiger charge is -2.31. The summed E-state index contributed by atoms with van der Waals surface area (Å²) < 4.78 is 11.2. The molecule has 0 aromatic heterocycles. The Bertz CT molecular complexity index is 749. The molecule has 0 radical (unpaired) electrons. The first-order valence-electron chi connectivity index (χ1n) is 9.63. The molecular weight excluding hydrogens is 324 g/mol. The van der Waals surface area contributed by atoms with Gasteiger partial charge in [-0.3, -0.25) is 4.79 Å². The molecule has 0 amide bonds. The maximum atomic E-state index is 13.6.